The van der Waals surface area contributed by atoms with Gasteiger partial charge in [-0.2, -0.15) is 5.26 Å². The summed E-state index contributed by atoms with van der Waals surface area (Å²) in [6.07, 6.45) is 0.509. The summed E-state index contributed by atoms with van der Waals surface area (Å²) in [5.41, 5.74) is 3.01. The molecule has 2 aromatic carbocycles. The molecular formula is C19H17FN2O3. The van der Waals surface area contributed by atoms with Crippen molar-refractivity contribution in [2.45, 2.75) is 20.0 Å². The maximum Gasteiger partial charge on any atom is 0.189 e. The van der Waals surface area contributed by atoms with Gasteiger partial charge in [-0.1, -0.05) is 0 Å². The lowest BCUT2D eigenvalue weighted by Crippen LogP contribution is -2.15. The molecule has 1 aliphatic heterocycles. The van der Waals surface area contributed by atoms with E-state index in [2.05, 4.69) is 11.4 Å². The highest BCUT2D eigenvalue weighted by Gasteiger charge is 2.17. The molecule has 0 radical (unpaired) electrons. The van der Waals surface area contributed by atoms with Crippen LogP contribution in [0.5, 0.6) is 5.75 Å². The Morgan fingerprint density at radius 3 is 2.96 bits per heavy atom. The summed E-state index contributed by atoms with van der Waals surface area (Å²) in [5.74, 6) is 0.256. The molecule has 2 aromatic rings. The van der Waals surface area contributed by atoms with Crippen molar-refractivity contribution < 1.29 is 18.7 Å². The first-order valence-electron chi connectivity index (χ1n) is 7.89. The maximum atomic E-state index is 13.8. The fourth-order valence-electron chi connectivity index (χ4n) is 2.78. The Bertz CT molecular complexity index is 858. The van der Waals surface area contributed by atoms with Crippen molar-refractivity contribution in [1.82, 2.24) is 0 Å². The monoisotopic (exact) mass is 340 g/mol. The number of carbonyl (C=O) groups excluding carboxylic acids is 1. The van der Waals surface area contributed by atoms with E-state index in [9.17, 15) is 14.4 Å². The molecule has 1 aliphatic rings. The minimum Gasteiger partial charge on any atom is -0.467 e. The Balaban J connectivity index is 1.76. The highest BCUT2D eigenvalue weighted by molar-refractivity contribution is 5.95. The van der Waals surface area contributed by atoms with Crippen LogP contribution in [0.25, 0.3) is 0 Å². The largest absolute Gasteiger partial charge is 0.467 e. The number of carbonyl (C=O) groups is 1. The number of halogens is 1. The summed E-state index contributed by atoms with van der Waals surface area (Å²) < 4.78 is 24.4. The first-order chi connectivity index (χ1) is 12.1. The van der Waals surface area contributed by atoms with Crippen LogP contribution in [0.4, 0.5) is 10.1 Å². The van der Waals surface area contributed by atoms with Gasteiger partial charge >= 0.3 is 0 Å². The van der Waals surface area contributed by atoms with Crippen molar-refractivity contribution >= 4 is 11.5 Å². The predicted octanol–water partition coefficient (Wildman–Crippen LogP) is 3.42. The summed E-state index contributed by atoms with van der Waals surface area (Å²) in [6.45, 7) is 2.42. The summed E-state index contributed by atoms with van der Waals surface area (Å²) in [5, 5.41) is 12.4. The third-order valence-electron chi connectivity index (χ3n) is 4.01. The fourth-order valence-corrected chi connectivity index (χ4v) is 2.78. The van der Waals surface area contributed by atoms with Crippen molar-refractivity contribution in [1.29, 1.82) is 5.26 Å². The lowest BCUT2D eigenvalue weighted by molar-refractivity contribution is -0.0172. The summed E-state index contributed by atoms with van der Waals surface area (Å²) >= 11 is 0. The first-order valence-corrected chi connectivity index (χ1v) is 7.89. The van der Waals surface area contributed by atoms with Gasteiger partial charge in [-0.15, -0.1) is 0 Å². The van der Waals surface area contributed by atoms with E-state index in [4.69, 9.17) is 9.47 Å². The second kappa shape index (κ2) is 7.32. The molecular weight excluding hydrogens is 323 g/mol. The van der Waals surface area contributed by atoms with Gasteiger partial charge in [-0.25, -0.2) is 4.39 Å². The van der Waals surface area contributed by atoms with E-state index < -0.39 is 0 Å². The molecule has 0 bridgehead atoms. The van der Waals surface area contributed by atoms with Gasteiger partial charge in [0.25, 0.3) is 0 Å². The van der Waals surface area contributed by atoms with Crippen LogP contribution < -0.4 is 10.1 Å². The van der Waals surface area contributed by atoms with Crippen molar-refractivity contribution in [2.75, 3.05) is 18.7 Å². The van der Waals surface area contributed by atoms with Gasteiger partial charge < -0.3 is 14.8 Å². The molecule has 0 fully saturated rings. The van der Waals surface area contributed by atoms with Crippen LogP contribution in [-0.4, -0.2) is 19.1 Å². The number of Topliss-reactive ketones (excluding diaryl/α,β-unsaturated/α-hetero) is 1. The molecule has 0 saturated heterocycles. The number of rotatable bonds is 5. The predicted molar refractivity (Wildman–Crippen MR) is 90.0 cm³/mol. The number of hydrogen-bond acceptors (Lipinski definition) is 5. The Kier molecular flexibility index (Phi) is 4.96. The number of ketones is 1. The van der Waals surface area contributed by atoms with E-state index in [1.165, 1.54) is 19.1 Å². The highest BCUT2D eigenvalue weighted by atomic mass is 19.1. The zero-order valence-electron chi connectivity index (χ0n) is 13.8. The molecule has 128 valence electrons. The minimum atomic E-state index is -0.334. The van der Waals surface area contributed by atoms with E-state index in [0.717, 1.165) is 5.56 Å². The van der Waals surface area contributed by atoms with Crippen molar-refractivity contribution in [3.63, 3.8) is 0 Å². The quantitative estimate of drug-likeness (QED) is 0.845. The molecule has 6 heteroatoms. The number of ether oxygens (including phenoxy) is 2. The summed E-state index contributed by atoms with van der Waals surface area (Å²) in [6, 6.07) is 9.86. The molecule has 0 amide bonds. The normalized spacial score (nSPS) is 12.7. The van der Waals surface area contributed by atoms with Crippen LogP contribution in [0.3, 0.4) is 0 Å². The summed E-state index contributed by atoms with van der Waals surface area (Å²) in [4.78, 5) is 11.5. The molecule has 0 saturated carbocycles. The van der Waals surface area contributed by atoms with Crippen LogP contribution in [0.1, 0.15) is 34.0 Å². The molecule has 0 spiro atoms. The van der Waals surface area contributed by atoms with E-state index in [0.29, 0.717) is 47.7 Å². The lowest BCUT2D eigenvalue weighted by Gasteiger charge is -2.21. The first kappa shape index (κ1) is 16.9. The standard InChI is InChI=1S/C19H17FN2O3/c1-12(23)13-2-3-15(9-21)18(8-13)22-5-4-14-6-17(20)7-16-10-24-11-25-19(14)16/h2-3,6-8,22H,4-5,10-11H2,1H3. The Morgan fingerprint density at radius 2 is 2.20 bits per heavy atom. The van der Waals surface area contributed by atoms with E-state index >= 15 is 0 Å². The number of nitrogens with zero attached hydrogens (tertiary/aromatic N) is 1. The highest BCUT2D eigenvalue weighted by Crippen LogP contribution is 2.30. The fraction of sp³-hybridized carbons (Fsp3) is 0.263. The van der Waals surface area contributed by atoms with Crippen molar-refractivity contribution in [2.24, 2.45) is 0 Å². The molecule has 25 heavy (non-hydrogen) atoms. The van der Waals surface area contributed by atoms with E-state index in [1.807, 2.05) is 0 Å². The van der Waals surface area contributed by atoms with Crippen LogP contribution >= 0.6 is 0 Å². The number of nitriles is 1. The Hall–Kier alpha value is -2.91. The molecule has 1 heterocycles. The van der Waals surface area contributed by atoms with Gasteiger partial charge in [0.2, 0.25) is 0 Å². The van der Waals surface area contributed by atoms with Gasteiger partial charge in [-0.05, 0) is 49.2 Å². The topological polar surface area (TPSA) is 71.4 Å². The van der Waals surface area contributed by atoms with Crippen LogP contribution in [0.2, 0.25) is 0 Å². The van der Waals surface area contributed by atoms with Gasteiger partial charge in [0.1, 0.15) is 17.6 Å². The average molecular weight is 340 g/mol. The SMILES string of the molecule is CC(=O)c1ccc(C#N)c(NCCc2cc(F)cc3c2OCOC3)c1. The van der Waals surface area contributed by atoms with Crippen LogP contribution in [0, 0.1) is 17.1 Å². The number of nitrogens with one attached hydrogen (secondary N) is 1. The van der Waals surface area contributed by atoms with E-state index in [1.54, 1.807) is 18.2 Å². The maximum absolute atomic E-state index is 13.8. The van der Waals surface area contributed by atoms with Gasteiger partial charge in [0.05, 0.1) is 17.9 Å². The minimum absolute atomic E-state index is 0.0693. The molecule has 0 unspecified atom stereocenters. The second-order valence-corrected chi connectivity index (χ2v) is 5.77. The van der Waals surface area contributed by atoms with Gasteiger partial charge in [-0.3, -0.25) is 4.79 Å². The number of hydrogen-bond donors (Lipinski definition) is 1. The number of benzene rings is 2. The van der Waals surface area contributed by atoms with Crippen molar-refractivity contribution in [3.8, 4) is 11.8 Å². The van der Waals surface area contributed by atoms with Gasteiger partial charge in [0, 0.05) is 17.7 Å². The smallest absolute Gasteiger partial charge is 0.189 e. The zero-order chi connectivity index (χ0) is 17.8. The Morgan fingerprint density at radius 1 is 1.36 bits per heavy atom. The third-order valence-corrected chi connectivity index (χ3v) is 4.01. The molecule has 5 nitrogen and oxygen atoms in total. The Labute approximate surface area is 145 Å². The lowest BCUT2D eigenvalue weighted by atomic mass is 10.0. The van der Waals surface area contributed by atoms with Crippen LogP contribution in [0.15, 0.2) is 30.3 Å². The zero-order valence-corrected chi connectivity index (χ0v) is 13.8. The molecule has 0 aromatic heterocycles. The number of anilines is 1. The van der Waals surface area contributed by atoms with Gasteiger partial charge in [0.15, 0.2) is 12.6 Å². The molecule has 0 atom stereocenters. The third kappa shape index (κ3) is 3.78. The van der Waals surface area contributed by atoms with Crippen LogP contribution in [-0.2, 0) is 17.8 Å². The molecule has 3 rings (SSSR count). The van der Waals surface area contributed by atoms with E-state index in [-0.39, 0.29) is 18.4 Å². The molecule has 0 aliphatic carbocycles. The number of fused-ring (bicyclic) bond motifs is 1. The summed E-state index contributed by atoms with van der Waals surface area (Å²) in [7, 11) is 0. The average Bonchev–Trinajstić information content (AvgIpc) is 2.61. The van der Waals surface area contributed by atoms with Crippen molar-refractivity contribution in [3.05, 3.63) is 58.4 Å². The molecule has 1 N–H and O–H groups in total. The second-order valence-electron chi connectivity index (χ2n) is 5.77.